The Morgan fingerprint density at radius 1 is 1.15 bits per heavy atom. The van der Waals surface area contributed by atoms with Crippen molar-refractivity contribution in [1.82, 2.24) is 19.3 Å². The fourth-order valence-corrected chi connectivity index (χ4v) is 4.51. The van der Waals surface area contributed by atoms with Gasteiger partial charge in [-0.3, -0.25) is 0 Å². The lowest BCUT2D eigenvalue weighted by Crippen LogP contribution is -2.22. The van der Waals surface area contributed by atoms with Crippen LogP contribution in [-0.2, 0) is 11.5 Å². The van der Waals surface area contributed by atoms with E-state index >= 15 is 0 Å². The van der Waals surface area contributed by atoms with Crippen LogP contribution in [0.3, 0.4) is 0 Å². The Hall–Kier alpha value is -2.40. The SMILES string of the molecule is CCC(CC)n1cc(-c2cnn(COCC[Si](C)(C)C)c2)c2cc(C#CC(C)(C)O)ncc21. The lowest BCUT2D eigenvalue weighted by atomic mass is 10.1. The summed E-state index contributed by atoms with van der Waals surface area (Å²) in [5.41, 5.74) is 2.84. The summed E-state index contributed by atoms with van der Waals surface area (Å²) in [6, 6.07) is 3.56. The Morgan fingerprint density at radius 2 is 1.88 bits per heavy atom. The molecule has 0 aliphatic rings. The van der Waals surface area contributed by atoms with Crippen LogP contribution in [0.4, 0.5) is 0 Å². The molecule has 33 heavy (non-hydrogen) atoms. The molecule has 0 saturated carbocycles. The first-order valence-corrected chi connectivity index (χ1v) is 15.6. The molecule has 0 bridgehead atoms. The number of aliphatic hydroxyl groups is 1. The molecule has 0 radical (unpaired) electrons. The van der Waals surface area contributed by atoms with E-state index in [1.807, 2.05) is 29.3 Å². The summed E-state index contributed by atoms with van der Waals surface area (Å²) in [6.07, 6.45) is 10.1. The molecule has 0 amide bonds. The van der Waals surface area contributed by atoms with E-state index in [4.69, 9.17) is 4.74 Å². The van der Waals surface area contributed by atoms with E-state index in [1.54, 1.807) is 13.8 Å². The zero-order chi connectivity index (χ0) is 24.2. The Kier molecular flexibility index (Phi) is 7.83. The standard InChI is InChI=1S/C26H38N4O2Si/c1-8-22(9-2)30-18-24(20-15-28-29(17-20)19-32-12-13-33(5,6)7)23-14-21(27-16-25(23)30)10-11-26(3,4)31/h14-18,22,31H,8-9,12-13,19H2,1-7H3. The molecular formula is C26H38N4O2Si. The molecule has 3 aromatic heterocycles. The Balaban J connectivity index is 1.95. The van der Waals surface area contributed by atoms with Gasteiger partial charge in [-0.25, -0.2) is 9.67 Å². The van der Waals surface area contributed by atoms with Gasteiger partial charge >= 0.3 is 0 Å². The predicted octanol–water partition coefficient (Wildman–Crippen LogP) is 5.70. The first-order chi connectivity index (χ1) is 15.5. The van der Waals surface area contributed by atoms with E-state index in [9.17, 15) is 5.11 Å². The molecular weight excluding hydrogens is 428 g/mol. The minimum absolute atomic E-state index is 0.399. The fourth-order valence-electron chi connectivity index (χ4n) is 3.76. The summed E-state index contributed by atoms with van der Waals surface area (Å²) < 4.78 is 10.1. The topological polar surface area (TPSA) is 65.1 Å². The van der Waals surface area contributed by atoms with E-state index in [1.165, 1.54) is 0 Å². The zero-order valence-electron chi connectivity index (χ0n) is 21.1. The highest BCUT2D eigenvalue weighted by Crippen LogP contribution is 2.34. The van der Waals surface area contributed by atoms with Gasteiger partial charge in [-0.1, -0.05) is 39.4 Å². The van der Waals surface area contributed by atoms with Gasteiger partial charge in [0.1, 0.15) is 18.0 Å². The van der Waals surface area contributed by atoms with Gasteiger partial charge in [-0.15, -0.1) is 0 Å². The molecule has 178 valence electrons. The van der Waals surface area contributed by atoms with Crippen molar-refractivity contribution in [2.24, 2.45) is 0 Å². The third-order valence-corrected chi connectivity index (χ3v) is 7.42. The first-order valence-electron chi connectivity index (χ1n) is 11.9. The Bertz CT molecular complexity index is 1140. The van der Waals surface area contributed by atoms with Crippen molar-refractivity contribution >= 4 is 19.0 Å². The highest BCUT2D eigenvalue weighted by Gasteiger charge is 2.18. The van der Waals surface area contributed by atoms with Gasteiger partial charge in [-0.2, -0.15) is 5.10 Å². The largest absolute Gasteiger partial charge is 0.378 e. The molecule has 0 aromatic carbocycles. The lowest BCUT2D eigenvalue weighted by Gasteiger charge is -2.16. The van der Waals surface area contributed by atoms with Crippen molar-refractivity contribution in [2.45, 2.75) is 84.6 Å². The predicted molar refractivity (Wildman–Crippen MR) is 138 cm³/mol. The minimum atomic E-state index is -1.10. The van der Waals surface area contributed by atoms with E-state index in [0.29, 0.717) is 18.5 Å². The van der Waals surface area contributed by atoms with Gasteiger partial charge in [0.05, 0.1) is 17.9 Å². The number of nitrogens with zero attached hydrogens (tertiary/aromatic N) is 4. The van der Waals surface area contributed by atoms with Gasteiger partial charge < -0.3 is 14.4 Å². The Morgan fingerprint density at radius 3 is 2.52 bits per heavy atom. The fraction of sp³-hybridized carbons (Fsp3) is 0.538. The summed E-state index contributed by atoms with van der Waals surface area (Å²) in [7, 11) is -1.10. The number of ether oxygens (including phenoxy) is 1. The summed E-state index contributed by atoms with van der Waals surface area (Å²) in [5.74, 6) is 5.88. The summed E-state index contributed by atoms with van der Waals surface area (Å²) in [4.78, 5) is 4.56. The second kappa shape index (κ2) is 10.2. The van der Waals surface area contributed by atoms with Crippen LogP contribution in [0.1, 0.15) is 52.3 Å². The monoisotopic (exact) mass is 466 g/mol. The van der Waals surface area contributed by atoms with Crippen molar-refractivity contribution in [3.63, 3.8) is 0 Å². The average Bonchev–Trinajstić information content (AvgIpc) is 3.34. The molecule has 3 rings (SSSR count). The summed E-state index contributed by atoms with van der Waals surface area (Å²) >= 11 is 0. The third-order valence-electron chi connectivity index (χ3n) is 5.72. The highest BCUT2D eigenvalue weighted by molar-refractivity contribution is 6.76. The number of hydrogen-bond donors (Lipinski definition) is 1. The van der Waals surface area contributed by atoms with Crippen LogP contribution in [-0.4, -0.2) is 44.7 Å². The van der Waals surface area contributed by atoms with Gasteiger partial charge in [0.2, 0.25) is 0 Å². The van der Waals surface area contributed by atoms with Gasteiger partial charge in [0, 0.05) is 49.6 Å². The van der Waals surface area contributed by atoms with Crippen molar-refractivity contribution in [3.8, 4) is 23.0 Å². The molecule has 0 aliphatic heterocycles. The molecule has 0 atom stereocenters. The van der Waals surface area contributed by atoms with E-state index in [2.05, 4.69) is 66.2 Å². The van der Waals surface area contributed by atoms with E-state index < -0.39 is 13.7 Å². The van der Waals surface area contributed by atoms with Crippen molar-refractivity contribution in [3.05, 3.63) is 36.5 Å². The molecule has 1 N–H and O–H groups in total. The van der Waals surface area contributed by atoms with Crippen molar-refractivity contribution < 1.29 is 9.84 Å². The molecule has 0 aliphatic carbocycles. The minimum Gasteiger partial charge on any atom is -0.378 e. The molecule has 3 aromatic rings. The second-order valence-electron chi connectivity index (χ2n) is 10.4. The zero-order valence-corrected chi connectivity index (χ0v) is 22.1. The average molecular weight is 467 g/mol. The highest BCUT2D eigenvalue weighted by atomic mass is 28.3. The molecule has 6 nitrogen and oxygen atoms in total. The maximum atomic E-state index is 9.98. The number of rotatable bonds is 9. The Labute approximate surface area is 199 Å². The number of fused-ring (bicyclic) bond motifs is 1. The first kappa shape index (κ1) is 25.2. The maximum Gasteiger partial charge on any atom is 0.139 e. The summed E-state index contributed by atoms with van der Waals surface area (Å²) in [5, 5.41) is 15.6. The lowest BCUT2D eigenvalue weighted by molar-refractivity contribution is 0.0786. The number of aromatic nitrogens is 4. The number of pyridine rings is 1. The van der Waals surface area contributed by atoms with Crippen LogP contribution in [0.15, 0.2) is 30.9 Å². The van der Waals surface area contributed by atoms with Gasteiger partial charge in [-0.05, 0) is 44.7 Å². The van der Waals surface area contributed by atoms with E-state index in [-0.39, 0.29) is 0 Å². The van der Waals surface area contributed by atoms with Crippen LogP contribution in [0, 0.1) is 11.8 Å². The number of hydrogen-bond acceptors (Lipinski definition) is 4. The molecule has 7 heteroatoms. The second-order valence-corrected chi connectivity index (χ2v) is 16.1. The third kappa shape index (κ3) is 6.79. The molecule has 0 fully saturated rings. The van der Waals surface area contributed by atoms with Crippen molar-refractivity contribution in [2.75, 3.05) is 6.61 Å². The van der Waals surface area contributed by atoms with Crippen molar-refractivity contribution in [1.29, 1.82) is 0 Å². The van der Waals surface area contributed by atoms with Gasteiger partial charge in [0.25, 0.3) is 0 Å². The quantitative estimate of drug-likeness (QED) is 0.250. The van der Waals surface area contributed by atoms with Crippen LogP contribution in [0.5, 0.6) is 0 Å². The van der Waals surface area contributed by atoms with Gasteiger partial charge in [0.15, 0.2) is 0 Å². The van der Waals surface area contributed by atoms with Crippen LogP contribution in [0.25, 0.3) is 22.0 Å². The smallest absolute Gasteiger partial charge is 0.139 e. The maximum absolute atomic E-state index is 9.98. The normalized spacial score (nSPS) is 12.4. The molecule has 0 spiro atoms. The summed E-state index contributed by atoms with van der Waals surface area (Å²) in [6.45, 7) is 16.1. The van der Waals surface area contributed by atoms with Crippen LogP contribution < -0.4 is 0 Å². The molecule has 0 saturated heterocycles. The van der Waals surface area contributed by atoms with Crippen LogP contribution in [0.2, 0.25) is 25.7 Å². The van der Waals surface area contributed by atoms with Crippen LogP contribution >= 0.6 is 0 Å². The molecule has 3 heterocycles. The van der Waals surface area contributed by atoms with E-state index in [0.717, 1.165) is 47.5 Å². The molecule has 0 unspecified atom stereocenters.